The molecule has 1 aromatic heterocycles. The van der Waals surface area contributed by atoms with Crippen LogP contribution in [0.5, 0.6) is 0 Å². The number of aromatic nitrogens is 3. The number of carbonyl (C=O) groups is 1. The number of amides is 1. The van der Waals surface area contributed by atoms with E-state index in [1.807, 2.05) is 24.3 Å². The fourth-order valence-electron chi connectivity index (χ4n) is 1.62. The largest absolute Gasteiger partial charge is 0.349 e. The zero-order valence-electron chi connectivity index (χ0n) is 9.21. The first-order chi connectivity index (χ1) is 8.33. The number of nitrogens with one attached hydrogen (secondary N) is 1. The molecule has 5 nitrogen and oxygen atoms in total. The van der Waals surface area contributed by atoms with Gasteiger partial charge in [0.15, 0.2) is 0 Å². The summed E-state index contributed by atoms with van der Waals surface area (Å²) in [5.41, 5.74) is 1.63. The molecule has 1 aliphatic carbocycles. The summed E-state index contributed by atoms with van der Waals surface area (Å²) in [6.07, 6.45) is 5.45. The molecule has 0 radical (unpaired) electrons. The van der Waals surface area contributed by atoms with E-state index in [9.17, 15) is 4.79 Å². The predicted molar refractivity (Wildman–Crippen MR) is 61.8 cm³/mol. The lowest BCUT2D eigenvalue weighted by Crippen LogP contribution is -2.25. The van der Waals surface area contributed by atoms with Crippen molar-refractivity contribution in [1.82, 2.24) is 20.1 Å². The van der Waals surface area contributed by atoms with Crippen LogP contribution in [-0.2, 0) is 0 Å². The second-order valence-corrected chi connectivity index (χ2v) is 4.16. The van der Waals surface area contributed by atoms with Crippen molar-refractivity contribution < 1.29 is 4.79 Å². The SMILES string of the molecule is O=C(NC1CC1)c1ccc(-n2cnnc2)cc1. The van der Waals surface area contributed by atoms with E-state index in [0.29, 0.717) is 11.6 Å². The summed E-state index contributed by atoms with van der Waals surface area (Å²) >= 11 is 0. The Morgan fingerprint density at radius 3 is 2.41 bits per heavy atom. The van der Waals surface area contributed by atoms with Crippen molar-refractivity contribution in [3.05, 3.63) is 42.5 Å². The number of rotatable bonds is 3. The molecule has 17 heavy (non-hydrogen) atoms. The van der Waals surface area contributed by atoms with E-state index >= 15 is 0 Å². The molecular formula is C12H12N4O. The molecule has 3 rings (SSSR count). The van der Waals surface area contributed by atoms with Gasteiger partial charge in [-0.1, -0.05) is 0 Å². The van der Waals surface area contributed by atoms with E-state index in [-0.39, 0.29) is 5.91 Å². The minimum Gasteiger partial charge on any atom is -0.349 e. The lowest BCUT2D eigenvalue weighted by Gasteiger charge is -2.05. The van der Waals surface area contributed by atoms with Gasteiger partial charge in [-0.2, -0.15) is 0 Å². The molecule has 0 bridgehead atoms. The quantitative estimate of drug-likeness (QED) is 0.857. The van der Waals surface area contributed by atoms with Crippen LogP contribution in [0.25, 0.3) is 5.69 Å². The highest BCUT2D eigenvalue weighted by Gasteiger charge is 2.23. The van der Waals surface area contributed by atoms with Crippen LogP contribution in [0.1, 0.15) is 23.2 Å². The van der Waals surface area contributed by atoms with Crippen molar-refractivity contribution >= 4 is 5.91 Å². The van der Waals surface area contributed by atoms with Crippen molar-refractivity contribution in [2.24, 2.45) is 0 Å². The van der Waals surface area contributed by atoms with Crippen LogP contribution >= 0.6 is 0 Å². The summed E-state index contributed by atoms with van der Waals surface area (Å²) in [6.45, 7) is 0. The van der Waals surface area contributed by atoms with Gasteiger partial charge < -0.3 is 5.32 Å². The van der Waals surface area contributed by atoms with Gasteiger partial charge in [0, 0.05) is 17.3 Å². The van der Waals surface area contributed by atoms with Crippen molar-refractivity contribution in [1.29, 1.82) is 0 Å². The van der Waals surface area contributed by atoms with E-state index in [0.717, 1.165) is 18.5 Å². The number of carbonyl (C=O) groups excluding carboxylic acids is 1. The first-order valence-electron chi connectivity index (χ1n) is 5.59. The van der Waals surface area contributed by atoms with Crippen molar-refractivity contribution in [3.63, 3.8) is 0 Å². The standard InChI is InChI=1S/C12H12N4O/c17-12(15-10-3-4-10)9-1-5-11(6-2-9)16-7-13-14-8-16/h1-2,5-8,10H,3-4H2,(H,15,17). The monoisotopic (exact) mass is 228 g/mol. The summed E-state index contributed by atoms with van der Waals surface area (Å²) in [6, 6.07) is 7.77. The Labute approximate surface area is 98.5 Å². The number of nitrogens with zero attached hydrogens (tertiary/aromatic N) is 3. The van der Waals surface area contributed by atoms with Crippen LogP contribution in [0.2, 0.25) is 0 Å². The number of benzene rings is 1. The second-order valence-electron chi connectivity index (χ2n) is 4.16. The smallest absolute Gasteiger partial charge is 0.251 e. The van der Waals surface area contributed by atoms with Gasteiger partial charge in [0.2, 0.25) is 0 Å². The molecule has 0 unspecified atom stereocenters. The molecule has 0 saturated heterocycles. The van der Waals surface area contributed by atoms with E-state index in [1.54, 1.807) is 17.2 Å². The number of hydrogen-bond acceptors (Lipinski definition) is 3. The van der Waals surface area contributed by atoms with Crippen molar-refractivity contribution in [3.8, 4) is 5.69 Å². The molecule has 1 aliphatic rings. The molecule has 2 aromatic rings. The topological polar surface area (TPSA) is 59.8 Å². The highest BCUT2D eigenvalue weighted by atomic mass is 16.1. The zero-order chi connectivity index (χ0) is 11.7. The molecule has 86 valence electrons. The summed E-state index contributed by atoms with van der Waals surface area (Å²) in [5.74, 6) is 0.00260. The first kappa shape index (κ1) is 10.0. The molecule has 5 heteroatoms. The van der Waals surface area contributed by atoms with E-state index in [4.69, 9.17) is 0 Å². The maximum Gasteiger partial charge on any atom is 0.251 e. The van der Waals surface area contributed by atoms with Crippen LogP contribution in [0.15, 0.2) is 36.9 Å². The summed E-state index contributed by atoms with van der Waals surface area (Å²) in [7, 11) is 0. The average Bonchev–Trinajstić information content (AvgIpc) is 3.00. The minimum absolute atomic E-state index is 0.00260. The van der Waals surface area contributed by atoms with E-state index in [1.165, 1.54) is 0 Å². The van der Waals surface area contributed by atoms with Crippen LogP contribution in [0.3, 0.4) is 0 Å². The normalized spacial score (nSPS) is 14.6. The lowest BCUT2D eigenvalue weighted by molar-refractivity contribution is 0.0951. The van der Waals surface area contributed by atoms with Gasteiger partial charge in [-0.05, 0) is 37.1 Å². The molecule has 1 N–H and O–H groups in total. The zero-order valence-corrected chi connectivity index (χ0v) is 9.21. The molecular weight excluding hydrogens is 216 g/mol. The highest BCUT2D eigenvalue weighted by molar-refractivity contribution is 5.94. The molecule has 0 atom stereocenters. The van der Waals surface area contributed by atoms with Crippen molar-refractivity contribution in [2.75, 3.05) is 0 Å². The van der Waals surface area contributed by atoms with Crippen LogP contribution in [-0.4, -0.2) is 26.7 Å². The third-order valence-corrected chi connectivity index (χ3v) is 2.76. The Hall–Kier alpha value is -2.17. The summed E-state index contributed by atoms with van der Waals surface area (Å²) < 4.78 is 1.79. The van der Waals surface area contributed by atoms with Gasteiger partial charge in [-0.25, -0.2) is 0 Å². The third kappa shape index (κ3) is 2.18. The Bertz CT molecular complexity index is 514. The fourth-order valence-corrected chi connectivity index (χ4v) is 1.62. The highest BCUT2D eigenvalue weighted by Crippen LogP contribution is 2.19. The maximum atomic E-state index is 11.8. The molecule has 1 amide bonds. The first-order valence-corrected chi connectivity index (χ1v) is 5.59. The van der Waals surface area contributed by atoms with E-state index in [2.05, 4.69) is 15.5 Å². The van der Waals surface area contributed by atoms with E-state index < -0.39 is 0 Å². The van der Waals surface area contributed by atoms with Crippen molar-refractivity contribution in [2.45, 2.75) is 18.9 Å². The van der Waals surface area contributed by atoms with Gasteiger partial charge in [0.25, 0.3) is 5.91 Å². The number of hydrogen-bond donors (Lipinski definition) is 1. The van der Waals surface area contributed by atoms with Gasteiger partial charge in [0.1, 0.15) is 12.7 Å². The Morgan fingerprint density at radius 1 is 1.18 bits per heavy atom. The third-order valence-electron chi connectivity index (χ3n) is 2.76. The average molecular weight is 228 g/mol. The van der Waals surface area contributed by atoms with Crippen LogP contribution in [0, 0.1) is 0 Å². The van der Waals surface area contributed by atoms with Gasteiger partial charge in [-0.15, -0.1) is 10.2 Å². The maximum absolute atomic E-state index is 11.8. The molecule has 1 aromatic carbocycles. The summed E-state index contributed by atoms with van der Waals surface area (Å²) in [5, 5.41) is 10.4. The predicted octanol–water partition coefficient (Wildman–Crippen LogP) is 1.16. The Kier molecular flexibility index (Phi) is 2.36. The summed E-state index contributed by atoms with van der Waals surface area (Å²) in [4.78, 5) is 11.8. The lowest BCUT2D eigenvalue weighted by atomic mass is 10.2. The van der Waals surface area contributed by atoms with Crippen LogP contribution < -0.4 is 5.32 Å². The molecule has 0 aliphatic heterocycles. The van der Waals surface area contributed by atoms with Gasteiger partial charge >= 0.3 is 0 Å². The Morgan fingerprint density at radius 2 is 1.82 bits per heavy atom. The van der Waals surface area contributed by atoms with Gasteiger partial charge in [0.05, 0.1) is 0 Å². The molecule has 1 fully saturated rings. The molecule has 1 heterocycles. The minimum atomic E-state index is 0.00260. The fraction of sp³-hybridized carbons (Fsp3) is 0.250. The van der Waals surface area contributed by atoms with Gasteiger partial charge in [-0.3, -0.25) is 9.36 Å². The molecule has 0 spiro atoms. The Balaban J connectivity index is 1.77. The second kappa shape index (κ2) is 4.01. The van der Waals surface area contributed by atoms with Crippen LogP contribution in [0.4, 0.5) is 0 Å². The molecule has 1 saturated carbocycles.